The van der Waals surface area contributed by atoms with Gasteiger partial charge < -0.3 is 15.7 Å². The fourth-order valence-electron chi connectivity index (χ4n) is 2.14. The highest BCUT2D eigenvalue weighted by molar-refractivity contribution is 14.1. The molecule has 26 heavy (non-hydrogen) atoms. The van der Waals surface area contributed by atoms with Gasteiger partial charge >= 0.3 is 0 Å². The number of carbonyl (C=O) groups is 2. The number of anilines is 1. The van der Waals surface area contributed by atoms with Crippen molar-refractivity contribution in [2.75, 3.05) is 18.5 Å². The van der Waals surface area contributed by atoms with E-state index in [9.17, 15) is 9.59 Å². The quantitative estimate of drug-likeness (QED) is 0.288. The summed E-state index contributed by atoms with van der Waals surface area (Å²) in [5.74, 6) is -0.606. The Hall–Kier alpha value is -2.04. The number of amides is 2. The monoisotopic (exact) mass is 483 g/mol. The number of carbonyl (C=O) groups excluding carboxylic acids is 2. The molecule has 0 atom stereocenters. The van der Waals surface area contributed by atoms with Crippen molar-refractivity contribution in [2.45, 2.75) is 6.42 Å². The molecule has 0 saturated carbocycles. The van der Waals surface area contributed by atoms with E-state index in [1.54, 1.807) is 36.4 Å². The van der Waals surface area contributed by atoms with Crippen LogP contribution in [0.1, 0.15) is 27.1 Å². The molecule has 0 radical (unpaired) electrons. The Labute approximate surface area is 170 Å². The van der Waals surface area contributed by atoms with Gasteiger partial charge in [-0.05, 0) is 65.5 Å². The van der Waals surface area contributed by atoms with Gasteiger partial charge in [-0.1, -0.05) is 24.3 Å². The van der Waals surface area contributed by atoms with Gasteiger partial charge in [0.2, 0.25) is 0 Å². The van der Waals surface area contributed by atoms with Crippen LogP contribution in [0, 0.1) is 3.57 Å². The van der Waals surface area contributed by atoms with Gasteiger partial charge in [0.25, 0.3) is 11.8 Å². The molecule has 0 aromatic heterocycles. The molecule has 0 aliphatic carbocycles. The van der Waals surface area contributed by atoms with Crippen LogP contribution in [-0.4, -0.2) is 35.2 Å². The Morgan fingerprint density at radius 2 is 1.65 bits per heavy atom. The van der Waals surface area contributed by atoms with E-state index in [0.29, 0.717) is 29.8 Å². The van der Waals surface area contributed by atoms with Crippen LogP contribution in [-0.2, 0) is 0 Å². The Balaban J connectivity index is 2.04. The lowest BCUT2D eigenvalue weighted by Gasteiger charge is -2.14. The van der Waals surface area contributed by atoms with Crippen molar-refractivity contribution in [3.63, 3.8) is 0 Å². The zero-order valence-corrected chi connectivity index (χ0v) is 16.8. The molecule has 0 aliphatic rings. The van der Waals surface area contributed by atoms with Crippen molar-refractivity contribution < 1.29 is 14.7 Å². The minimum Gasteiger partial charge on any atom is -0.396 e. The standard InChI is InChI=1S/C18H18IN3O3S/c19-14-8-3-1-6-12(14)17(25)22-18(26)21-15-9-4-2-7-13(15)16(24)20-10-5-11-23/h1-4,6-9,23H,5,10-11H2,(H,20,24)(H2,21,22,25,26). The summed E-state index contributed by atoms with van der Waals surface area (Å²) in [7, 11) is 0. The predicted molar refractivity (Wildman–Crippen MR) is 113 cm³/mol. The van der Waals surface area contributed by atoms with E-state index in [4.69, 9.17) is 17.3 Å². The number of thiocarbonyl (C=S) groups is 1. The van der Waals surface area contributed by atoms with Gasteiger partial charge in [0.1, 0.15) is 0 Å². The van der Waals surface area contributed by atoms with Crippen LogP contribution < -0.4 is 16.0 Å². The molecule has 4 N–H and O–H groups in total. The average Bonchev–Trinajstić information content (AvgIpc) is 2.62. The lowest BCUT2D eigenvalue weighted by Crippen LogP contribution is -2.35. The Bertz CT molecular complexity index is 814. The first-order chi connectivity index (χ1) is 12.5. The van der Waals surface area contributed by atoms with Gasteiger partial charge in [0.05, 0.1) is 16.8 Å². The molecular weight excluding hydrogens is 465 g/mol. The summed E-state index contributed by atoms with van der Waals surface area (Å²) < 4.78 is 0.814. The third kappa shape index (κ3) is 5.75. The number of aliphatic hydroxyl groups excluding tert-OH is 1. The Morgan fingerprint density at radius 1 is 1.00 bits per heavy atom. The lowest BCUT2D eigenvalue weighted by molar-refractivity contribution is 0.0950. The highest BCUT2D eigenvalue weighted by atomic mass is 127. The highest BCUT2D eigenvalue weighted by Crippen LogP contribution is 2.15. The van der Waals surface area contributed by atoms with Crippen LogP contribution in [0.5, 0.6) is 0 Å². The predicted octanol–water partition coefficient (Wildman–Crippen LogP) is 2.53. The van der Waals surface area contributed by atoms with E-state index in [1.807, 2.05) is 12.1 Å². The largest absolute Gasteiger partial charge is 0.396 e. The van der Waals surface area contributed by atoms with Crippen molar-refractivity contribution in [2.24, 2.45) is 0 Å². The van der Waals surface area contributed by atoms with Gasteiger partial charge in [-0.25, -0.2) is 0 Å². The molecule has 6 nitrogen and oxygen atoms in total. The maximum absolute atomic E-state index is 12.3. The SMILES string of the molecule is O=C(NC(=S)Nc1ccccc1C(=O)NCCCO)c1ccccc1I. The molecule has 136 valence electrons. The van der Waals surface area contributed by atoms with Crippen LogP contribution in [0.3, 0.4) is 0 Å². The summed E-state index contributed by atoms with van der Waals surface area (Å²) >= 11 is 7.28. The third-order valence-electron chi connectivity index (χ3n) is 3.39. The molecule has 0 spiro atoms. The van der Waals surface area contributed by atoms with Crippen molar-refractivity contribution in [3.05, 3.63) is 63.2 Å². The molecule has 0 bridgehead atoms. The molecule has 2 aromatic carbocycles. The fraction of sp³-hybridized carbons (Fsp3) is 0.167. The smallest absolute Gasteiger partial charge is 0.258 e. The number of para-hydroxylation sites is 1. The maximum atomic E-state index is 12.3. The Kier molecular flexibility index (Phi) is 7.95. The molecule has 0 fully saturated rings. The molecule has 0 heterocycles. The zero-order valence-electron chi connectivity index (χ0n) is 13.8. The van der Waals surface area contributed by atoms with Gasteiger partial charge in [-0.2, -0.15) is 0 Å². The summed E-state index contributed by atoms with van der Waals surface area (Å²) in [5, 5.41) is 17.1. The molecule has 8 heteroatoms. The van der Waals surface area contributed by atoms with E-state index in [0.717, 1.165) is 3.57 Å². The van der Waals surface area contributed by atoms with Gasteiger partial charge in [0, 0.05) is 16.7 Å². The number of rotatable bonds is 6. The molecular formula is C18H18IN3O3S. The fourth-order valence-corrected chi connectivity index (χ4v) is 2.97. The van der Waals surface area contributed by atoms with Crippen LogP contribution in [0.25, 0.3) is 0 Å². The minimum atomic E-state index is -0.322. The lowest BCUT2D eigenvalue weighted by atomic mass is 10.1. The molecule has 0 saturated heterocycles. The summed E-state index contributed by atoms with van der Waals surface area (Å²) in [6.07, 6.45) is 0.478. The van der Waals surface area contributed by atoms with Crippen molar-refractivity contribution in [1.82, 2.24) is 10.6 Å². The van der Waals surface area contributed by atoms with Crippen molar-refractivity contribution in [3.8, 4) is 0 Å². The van der Waals surface area contributed by atoms with Gasteiger partial charge in [-0.3, -0.25) is 14.9 Å². The van der Waals surface area contributed by atoms with Gasteiger partial charge in [0.15, 0.2) is 5.11 Å². The molecule has 0 aliphatic heterocycles. The molecule has 0 unspecified atom stereocenters. The summed E-state index contributed by atoms with van der Waals surface area (Å²) in [4.78, 5) is 24.6. The normalized spacial score (nSPS) is 10.1. The zero-order chi connectivity index (χ0) is 18.9. The second-order valence-electron chi connectivity index (χ2n) is 5.27. The van der Waals surface area contributed by atoms with Crippen LogP contribution in [0.15, 0.2) is 48.5 Å². The number of hydrogen-bond donors (Lipinski definition) is 4. The number of aliphatic hydroxyl groups is 1. The van der Waals surface area contributed by atoms with Crippen LogP contribution in [0.2, 0.25) is 0 Å². The summed E-state index contributed by atoms with van der Waals surface area (Å²) in [5.41, 5.74) is 1.41. The number of benzene rings is 2. The molecule has 2 amide bonds. The molecule has 2 rings (SSSR count). The third-order valence-corrected chi connectivity index (χ3v) is 4.53. The van der Waals surface area contributed by atoms with E-state index in [-0.39, 0.29) is 23.5 Å². The van der Waals surface area contributed by atoms with Crippen LogP contribution >= 0.6 is 34.8 Å². The van der Waals surface area contributed by atoms with Crippen molar-refractivity contribution in [1.29, 1.82) is 0 Å². The first kappa shape index (κ1) is 20.3. The number of nitrogens with one attached hydrogen (secondary N) is 3. The number of hydrogen-bond acceptors (Lipinski definition) is 4. The van der Waals surface area contributed by atoms with Gasteiger partial charge in [-0.15, -0.1) is 0 Å². The Morgan fingerprint density at radius 3 is 2.35 bits per heavy atom. The first-order valence-corrected chi connectivity index (χ1v) is 9.36. The molecule has 2 aromatic rings. The second kappa shape index (κ2) is 10.2. The first-order valence-electron chi connectivity index (χ1n) is 7.88. The highest BCUT2D eigenvalue weighted by Gasteiger charge is 2.14. The van der Waals surface area contributed by atoms with E-state index < -0.39 is 0 Å². The van der Waals surface area contributed by atoms with Crippen molar-refractivity contribution >= 4 is 57.4 Å². The minimum absolute atomic E-state index is 0.00851. The summed E-state index contributed by atoms with van der Waals surface area (Å²) in [6.45, 7) is 0.381. The second-order valence-corrected chi connectivity index (χ2v) is 6.84. The maximum Gasteiger partial charge on any atom is 0.258 e. The van der Waals surface area contributed by atoms with E-state index in [2.05, 4.69) is 38.5 Å². The van der Waals surface area contributed by atoms with E-state index in [1.165, 1.54) is 0 Å². The topological polar surface area (TPSA) is 90.5 Å². The van der Waals surface area contributed by atoms with Crippen LogP contribution in [0.4, 0.5) is 5.69 Å². The average molecular weight is 483 g/mol. The summed E-state index contributed by atoms with van der Waals surface area (Å²) in [6, 6.07) is 14.0. The number of halogens is 1. The van der Waals surface area contributed by atoms with E-state index >= 15 is 0 Å².